The zero-order valence-electron chi connectivity index (χ0n) is 23.4. The molecular weight excluding hydrogens is 523 g/mol. The first-order valence-corrected chi connectivity index (χ1v) is 13.1. The first-order chi connectivity index (χ1) is 19.2. The lowest BCUT2D eigenvalue weighted by molar-refractivity contribution is -0.907. The van der Waals surface area contributed by atoms with Crippen molar-refractivity contribution < 1.29 is 47.7 Å². The maximum Gasteiger partial charge on any atom is 0.295 e. The van der Waals surface area contributed by atoms with Crippen LogP contribution in [0.25, 0.3) is 5.76 Å². The van der Waals surface area contributed by atoms with Gasteiger partial charge >= 0.3 is 0 Å². The molecule has 2 aromatic rings. The minimum absolute atomic E-state index is 0.0123. The van der Waals surface area contributed by atoms with Crippen molar-refractivity contribution in [3.8, 4) is 23.0 Å². The Morgan fingerprint density at radius 2 is 1.70 bits per heavy atom. The van der Waals surface area contributed by atoms with Gasteiger partial charge in [-0.15, -0.1) is 0 Å². The van der Waals surface area contributed by atoms with Crippen molar-refractivity contribution in [3.05, 3.63) is 52.8 Å². The van der Waals surface area contributed by atoms with E-state index in [0.717, 1.165) is 19.2 Å². The van der Waals surface area contributed by atoms with Crippen molar-refractivity contribution in [1.82, 2.24) is 4.90 Å². The quantitative estimate of drug-likeness (QED) is 0.259. The summed E-state index contributed by atoms with van der Waals surface area (Å²) in [5.74, 6) is -2.29. The van der Waals surface area contributed by atoms with Crippen molar-refractivity contribution in [1.29, 1.82) is 0 Å². The number of nitrogens with zero attached hydrogens (tertiary/aromatic N) is 1. The third-order valence-corrected chi connectivity index (χ3v) is 7.00. The molecular formula is C29H35FN2O8. The Labute approximate surface area is 232 Å². The van der Waals surface area contributed by atoms with Crippen molar-refractivity contribution in [2.24, 2.45) is 0 Å². The number of likely N-dealkylation sites (tertiary alicyclic amines) is 1. The van der Waals surface area contributed by atoms with Gasteiger partial charge in [0.25, 0.3) is 5.91 Å². The Morgan fingerprint density at radius 3 is 2.25 bits per heavy atom. The smallest absolute Gasteiger partial charge is 0.295 e. The van der Waals surface area contributed by atoms with Crippen molar-refractivity contribution in [2.45, 2.75) is 26.0 Å². The van der Waals surface area contributed by atoms with Crippen LogP contribution in [0.15, 0.2) is 35.9 Å². The molecule has 2 fully saturated rings. The highest BCUT2D eigenvalue weighted by Gasteiger charge is 2.45. The van der Waals surface area contributed by atoms with Crippen LogP contribution >= 0.6 is 0 Å². The van der Waals surface area contributed by atoms with E-state index in [4.69, 9.17) is 23.7 Å². The Balaban J connectivity index is 1.83. The lowest BCUT2D eigenvalue weighted by Crippen LogP contribution is -3.14. The molecule has 4 rings (SSSR count). The van der Waals surface area contributed by atoms with E-state index in [-0.39, 0.29) is 29.5 Å². The van der Waals surface area contributed by atoms with Gasteiger partial charge in [-0.2, -0.15) is 0 Å². The van der Waals surface area contributed by atoms with Gasteiger partial charge in [-0.25, -0.2) is 4.39 Å². The summed E-state index contributed by atoms with van der Waals surface area (Å²) in [6, 6.07) is 5.94. The lowest BCUT2D eigenvalue weighted by atomic mass is 9.94. The van der Waals surface area contributed by atoms with Crippen LogP contribution in [-0.2, 0) is 14.3 Å². The number of nitrogens with one attached hydrogen (secondary N) is 1. The van der Waals surface area contributed by atoms with Gasteiger partial charge in [-0.1, -0.05) is 11.8 Å². The Bertz CT molecular complexity index is 1260. The third kappa shape index (κ3) is 5.85. The van der Waals surface area contributed by atoms with E-state index in [1.807, 2.05) is 0 Å². The number of hydrogen-bond donors (Lipinski definition) is 1. The number of morpholine rings is 1. The molecule has 2 aliphatic rings. The molecule has 11 heteroatoms. The number of halogens is 1. The molecule has 216 valence electrons. The van der Waals surface area contributed by atoms with Crippen molar-refractivity contribution in [3.63, 3.8) is 0 Å². The standard InChI is InChI=1S/C29H35FN2O8/c1-17(2)40-21-7-6-18(14-20(21)30)26(33)24-25(19-15-22(36-3)28(38-5)23(16-19)37-4)32(29(35)27(24)34)9-8-31-10-12-39-13-11-31/h6-7,14-17,25,33H,8-13H2,1-5H3. The minimum atomic E-state index is -1.05. The zero-order valence-corrected chi connectivity index (χ0v) is 23.4. The Morgan fingerprint density at radius 1 is 1.05 bits per heavy atom. The molecule has 2 heterocycles. The number of hydrogen-bond acceptors (Lipinski definition) is 8. The second-order valence-corrected chi connectivity index (χ2v) is 9.86. The van der Waals surface area contributed by atoms with E-state index in [0.29, 0.717) is 42.6 Å². The molecule has 0 aromatic heterocycles. The van der Waals surface area contributed by atoms with Crippen LogP contribution in [0.3, 0.4) is 0 Å². The highest BCUT2D eigenvalue weighted by molar-refractivity contribution is 6.46. The van der Waals surface area contributed by atoms with E-state index in [1.54, 1.807) is 26.0 Å². The average molecular weight is 559 g/mol. The number of methoxy groups -OCH3 is 3. The second-order valence-electron chi connectivity index (χ2n) is 9.86. The van der Waals surface area contributed by atoms with Gasteiger partial charge in [0.15, 0.2) is 23.1 Å². The molecule has 2 aliphatic heterocycles. The van der Waals surface area contributed by atoms with E-state index in [1.165, 1.54) is 43.3 Å². The van der Waals surface area contributed by atoms with Crippen molar-refractivity contribution >= 4 is 17.4 Å². The van der Waals surface area contributed by atoms with Gasteiger partial charge in [0.1, 0.15) is 13.1 Å². The van der Waals surface area contributed by atoms with Crippen LogP contribution in [0.1, 0.15) is 31.0 Å². The van der Waals surface area contributed by atoms with Gasteiger partial charge in [-0.05, 0) is 49.2 Å². The summed E-state index contributed by atoms with van der Waals surface area (Å²) in [6.45, 7) is 7.04. The molecule has 2 saturated heterocycles. The maximum absolute atomic E-state index is 14.8. The van der Waals surface area contributed by atoms with E-state index < -0.39 is 29.3 Å². The van der Waals surface area contributed by atoms with Gasteiger partial charge in [0.2, 0.25) is 11.5 Å². The fourth-order valence-electron chi connectivity index (χ4n) is 5.04. The van der Waals surface area contributed by atoms with Gasteiger partial charge in [-0.3, -0.25) is 9.59 Å². The summed E-state index contributed by atoms with van der Waals surface area (Å²) in [5, 5.41) is 13.8. The van der Waals surface area contributed by atoms with Crippen LogP contribution in [0, 0.1) is 5.82 Å². The lowest BCUT2D eigenvalue weighted by Gasteiger charge is -2.30. The molecule has 0 bridgehead atoms. The van der Waals surface area contributed by atoms with Crippen LogP contribution in [0.2, 0.25) is 0 Å². The van der Waals surface area contributed by atoms with Crippen LogP contribution in [-0.4, -0.2) is 83.4 Å². The molecule has 1 unspecified atom stereocenters. The summed E-state index contributed by atoms with van der Waals surface area (Å²) >= 11 is 0. The molecule has 0 spiro atoms. The number of carbonyl (C=O) groups excluding carboxylic acids is 2. The Hall–Kier alpha value is -3.83. The first kappa shape index (κ1) is 29.2. The van der Waals surface area contributed by atoms with Crippen LogP contribution in [0.4, 0.5) is 4.39 Å². The normalized spacial score (nSPS) is 19.3. The summed E-state index contributed by atoms with van der Waals surface area (Å²) in [4.78, 5) is 29.4. The SMILES string of the molecule is COc1cc(C2C(=C([O-])c3ccc(OC(C)C)c(F)c3)C(=O)C(=O)N2CC[NH+]2CCOCC2)cc(OC)c1OC. The number of quaternary nitrogens is 1. The largest absolute Gasteiger partial charge is 0.872 e. The second kappa shape index (κ2) is 12.6. The third-order valence-electron chi connectivity index (χ3n) is 7.00. The Kier molecular flexibility index (Phi) is 9.16. The molecule has 1 amide bonds. The number of rotatable bonds is 10. The maximum atomic E-state index is 14.8. The zero-order chi connectivity index (χ0) is 29.0. The number of ether oxygens (including phenoxy) is 5. The van der Waals surface area contributed by atoms with Crippen molar-refractivity contribution in [2.75, 3.05) is 60.7 Å². The fraction of sp³-hybridized carbons (Fsp3) is 0.448. The number of carbonyl (C=O) groups is 2. The molecule has 10 nitrogen and oxygen atoms in total. The van der Waals surface area contributed by atoms with E-state index in [9.17, 15) is 19.1 Å². The van der Waals surface area contributed by atoms with Gasteiger partial charge < -0.3 is 38.6 Å². The topological polar surface area (TPSA) is 111 Å². The fourth-order valence-corrected chi connectivity index (χ4v) is 5.04. The summed E-state index contributed by atoms with van der Waals surface area (Å²) in [7, 11) is 4.36. The molecule has 1 atom stereocenters. The van der Waals surface area contributed by atoms with E-state index in [2.05, 4.69) is 0 Å². The number of amides is 1. The minimum Gasteiger partial charge on any atom is -0.872 e. The van der Waals surface area contributed by atoms with Gasteiger partial charge in [0.05, 0.1) is 59.8 Å². The summed E-state index contributed by atoms with van der Waals surface area (Å²) in [6.07, 6.45) is -0.272. The molecule has 2 aromatic carbocycles. The highest BCUT2D eigenvalue weighted by atomic mass is 19.1. The predicted octanol–water partition coefficient (Wildman–Crippen LogP) is 0.778. The highest BCUT2D eigenvalue weighted by Crippen LogP contribution is 2.45. The molecule has 40 heavy (non-hydrogen) atoms. The number of ketones is 1. The summed E-state index contributed by atoms with van der Waals surface area (Å²) < 4.78 is 42.1. The first-order valence-electron chi connectivity index (χ1n) is 13.1. The molecule has 0 aliphatic carbocycles. The number of benzene rings is 2. The average Bonchev–Trinajstić information content (AvgIpc) is 3.21. The van der Waals surface area contributed by atoms with Crippen LogP contribution < -0.4 is 29.0 Å². The van der Waals surface area contributed by atoms with Gasteiger partial charge in [0, 0.05) is 5.57 Å². The van der Waals surface area contributed by atoms with E-state index >= 15 is 0 Å². The summed E-state index contributed by atoms with van der Waals surface area (Å²) in [5.41, 5.74) is 0.0882. The predicted molar refractivity (Wildman–Crippen MR) is 141 cm³/mol. The molecule has 1 N–H and O–H groups in total. The van der Waals surface area contributed by atoms with Crippen LogP contribution in [0.5, 0.6) is 23.0 Å². The molecule has 0 saturated carbocycles. The number of Topliss-reactive ketones (excluding diaryl/α,β-unsaturated/α-hetero) is 1. The monoisotopic (exact) mass is 558 g/mol. The molecule has 0 radical (unpaired) electrons.